The molecule has 32 heavy (non-hydrogen) atoms. The van der Waals surface area contributed by atoms with Gasteiger partial charge in [-0.05, 0) is 24.6 Å². The van der Waals surface area contributed by atoms with E-state index in [0.717, 1.165) is 24.2 Å². The lowest BCUT2D eigenvalue weighted by Gasteiger charge is -2.03. The number of carbonyl (C=O) groups is 2. The second kappa shape index (κ2) is 9.19. The lowest BCUT2D eigenvalue weighted by molar-refractivity contribution is -0.382. The lowest BCUT2D eigenvalue weighted by atomic mass is 10.2. The van der Waals surface area contributed by atoms with Gasteiger partial charge in [0.2, 0.25) is 0 Å². The van der Waals surface area contributed by atoms with Crippen molar-refractivity contribution in [2.75, 3.05) is 11.9 Å². The molecule has 2 aromatic heterocycles. The van der Waals surface area contributed by atoms with Crippen molar-refractivity contribution in [1.29, 1.82) is 0 Å². The van der Waals surface area contributed by atoms with Crippen LogP contribution in [0.5, 0.6) is 0 Å². The van der Waals surface area contributed by atoms with Gasteiger partial charge in [-0.25, -0.2) is 9.78 Å². The molecule has 0 radical (unpaired) electrons. The molecule has 0 aliphatic rings. The van der Waals surface area contributed by atoms with Crippen LogP contribution in [-0.2, 0) is 4.74 Å². The molecule has 4 rings (SSSR count). The number of rotatable bonds is 7. The van der Waals surface area contributed by atoms with E-state index in [1.807, 2.05) is 6.92 Å². The van der Waals surface area contributed by atoms with E-state index in [9.17, 15) is 19.7 Å². The number of anilines is 1. The molecule has 164 valence electrons. The molecule has 0 bridgehead atoms. The molecule has 4 aromatic rings. The number of nitro groups is 1. The zero-order valence-electron chi connectivity index (χ0n) is 16.7. The lowest BCUT2D eigenvalue weighted by Crippen LogP contribution is -2.10. The third-order valence-electron chi connectivity index (χ3n) is 4.61. The summed E-state index contributed by atoms with van der Waals surface area (Å²) in [6, 6.07) is 9.52. The number of aromatic nitrogens is 1. The van der Waals surface area contributed by atoms with Crippen molar-refractivity contribution in [2.24, 2.45) is 0 Å². The van der Waals surface area contributed by atoms with Gasteiger partial charge in [0.1, 0.15) is 9.58 Å². The Kier molecular flexibility index (Phi) is 6.35. The van der Waals surface area contributed by atoms with Crippen molar-refractivity contribution < 1.29 is 19.2 Å². The first-order chi connectivity index (χ1) is 15.4. The number of non-ortho nitro benzene ring substituents is 1. The number of nitrogens with one attached hydrogen (secondary N) is 1. The molecule has 0 saturated heterocycles. The van der Waals surface area contributed by atoms with Gasteiger partial charge in [-0.2, -0.15) is 0 Å². The first kappa shape index (κ1) is 22.1. The van der Waals surface area contributed by atoms with Crippen LogP contribution in [0.2, 0.25) is 5.02 Å². The van der Waals surface area contributed by atoms with E-state index in [-0.39, 0.29) is 15.6 Å². The van der Waals surface area contributed by atoms with E-state index in [1.165, 1.54) is 23.5 Å². The van der Waals surface area contributed by atoms with Crippen molar-refractivity contribution in [3.05, 3.63) is 62.0 Å². The van der Waals surface area contributed by atoms with Crippen LogP contribution in [0, 0.1) is 10.1 Å². The molecule has 2 aromatic carbocycles. The van der Waals surface area contributed by atoms with Crippen LogP contribution >= 0.6 is 34.3 Å². The first-order valence-corrected chi connectivity index (χ1v) is 11.6. The molecule has 0 aliphatic heterocycles. The van der Waals surface area contributed by atoms with Crippen LogP contribution in [-0.4, -0.2) is 28.4 Å². The number of hydrogen-bond acceptors (Lipinski definition) is 8. The molecule has 1 N–H and O–H groups in total. The summed E-state index contributed by atoms with van der Waals surface area (Å²) in [4.78, 5) is 40.3. The number of nitro benzene ring substituents is 1. The molecule has 0 aliphatic carbocycles. The van der Waals surface area contributed by atoms with Crippen molar-refractivity contribution in [1.82, 2.24) is 4.98 Å². The maximum absolute atomic E-state index is 12.8. The van der Waals surface area contributed by atoms with E-state index in [0.29, 0.717) is 37.6 Å². The van der Waals surface area contributed by atoms with E-state index in [4.69, 9.17) is 16.3 Å². The largest absolute Gasteiger partial charge is 0.462 e. The highest BCUT2D eigenvalue weighted by molar-refractivity contribution is 7.23. The quantitative estimate of drug-likeness (QED) is 0.141. The molecule has 0 fully saturated rings. The number of thiazole rings is 1. The van der Waals surface area contributed by atoms with Gasteiger partial charge >= 0.3 is 5.97 Å². The molecular formula is C21H16ClN3O5S2. The summed E-state index contributed by atoms with van der Waals surface area (Å²) in [7, 11) is 0. The monoisotopic (exact) mass is 489 g/mol. The number of nitrogens with zero attached hydrogens (tertiary/aromatic N) is 2. The Balaban J connectivity index is 1.58. The third-order valence-corrected chi connectivity index (χ3v) is 7.28. The number of thiophene rings is 1. The molecule has 8 nitrogen and oxygen atoms in total. The van der Waals surface area contributed by atoms with E-state index >= 15 is 0 Å². The number of amides is 1. The van der Waals surface area contributed by atoms with Crippen LogP contribution in [0.3, 0.4) is 0 Å². The summed E-state index contributed by atoms with van der Waals surface area (Å²) < 4.78 is 6.28. The summed E-state index contributed by atoms with van der Waals surface area (Å²) in [5.41, 5.74) is 0.926. The second-order valence-electron chi connectivity index (χ2n) is 6.80. The third kappa shape index (κ3) is 4.29. The van der Waals surface area contributed by atoms with Crippen LogP contribution < -0.4 is 5.32 Å². The summed E-state index contributed by atoms with van der Waals surface area (Å²) in [5, 5.41) is 14.9. The summed E-state index contributed by atoms with van der Waals surface area (Å²) in [6.45, 7) is 2.38. The maximum Gasteiger partial charge on any atom is 0.338 e. The molecule has 11 heteroatoms. The minimum absolute atomic E-state index is 0.105. The second-order valence-corrected chi connectivity index (χ2v) is 9.23. The average molecular weight is 490 g/mol. The molecule has 0 spiro atoms. The Labute approximate surface area is 194 Å². The van der Waals surface area contributed by atoms with Crippen LogP contribution in [0.4, 0.5) is 10.8 Å². The summed E-state index contributed by atoms with van der Waals surface area (Å²) >= 11 is 8.50. The Bertz CT molecular complexity index is 1360. The zero-order valence-corrected chi connectivity index (χ0v) is 19.1. The fraction of sp³-hybridized carbons (Fsp3) is 0.190. The minimum Gasteiger partial charge on any atom is -0.462 e. The number of fused-ring (bicyclic) bond motifs is 2. The number of carbonyl (C=O) groups excluding carboxylic acids is 2. The van der Waals surface area contributed by atoms with Crippen molar-refractivity contribution in [3.63, 3.8) is 0 Å². The average Bonchev–Trinajstić information content (AvgIpc) is 3.33. The van der Waals surface area contributed by atoms with Gasteiger partial charge in [-0.3, -0.25) is 20.2 Å². The highest BCUT2D eigenvalue weighted by atomic mass is 35.5. The number of benzene rings is 2. The van der Waals surface area contributed by atoms with Gasteiger partial charge in [0, 0.05) is 11.5 Å². The normalized spacial score (nSPS) is 11.1. The smallest absolute Gasteiger partial charge is 0.338 e. The maximum atomic E-state index is 12.8. The predicted molar refractivity (Wildman–Crippen MR) is 126 cm³/mol. The standard InChI is InChI=1S/C21H16ClN3O5S2/c1-2-3-9-30-20(27)11-7-8-13-15(10-11)31-21(23-13)24-19(26)18-16(22)12-5-4-6-14(25(28)29)17(12)32-18/h4-8,10H,2-3,9H2,1H3,(H,23,24,26). The van der Waals surface area contributed by atoms with Gasteiger partial charge in [-0.15, -0.1) is 11.3 Å². The van der Waals surface area contributed by atoms with Crippen molar-refractivity contribution in [2.45, 2.75) is 19.8 Å². The van der Waals surface area contributed by atoms with Crippen LogP contribution in [0.1, 0.15) is 39.8 Å². The molecule has 0 atom stereocenters. The highest BCUT2D eigenvalue weighted by Gasteiger charge is 2.23. The predicted octanol–water partition coefficient (Wildman–Crippen LogP) is 6.28. The van der Waals surface area contributed by atoms with Crippen LogP contribution in [0.25, 0.3) is 20.3 Å². The molecular weight excluding hydrogens is 474 g/mol. The fourth-order valence-electron chi connectivity index (χ4n) is 3.02. The van der Waals surface area contributed by atoms with Gasteiger partial charge < -0.3 is 4.74 Å². The zero-order chi connectivity index (χ0) is 22.8. The highest BCUT2D eigenvalue weighted by Crippen LogP contribution is 2.40. The Morgan fingerprint density at radius 1 is 1.25 bits per heavy atom. The number of ether oxygens (including phenoxy) is 1. The first-order valence-electron chi connectivity index (χ1n) is 9.63. The molecule has 1 amide bonds. The van der Waals surface area contributed by atoms with E-state index < -0.39 is 16.8 Å². The van der Waals surface area contributed by atoms with E-state index in [1.54, 1.807) is 24.3 Å². The van der Waals surface area contributed by atoms with Gasteiger partial charge in [0.15, 0.2) is 5.13 Å². The summed E-state index contributed by atoms with van der Waals surface area (Å²) in [5.74, 6) is -0.915. The fourth-order valence-corrected chi connectivity index (χ4v) is 5.41. The minimum atomic E-state index is -0.510. The Morgan fingerprint density at radius 3 is 2.81 bits per heavy atom. The van der Waals surface area contributed by atoms with Crippen molar-refractivity contribution in [3.8, 4) is 0 Å². The SMILES string of the molecule is CCCCOC(=O)c1ccc2nc(NC(=O)c3sc4c([N+](=O)[O-])cccc4c3Cl)sc2c1. The number of unbranched alkanes of at least 4 members (excludes halogenated alkanes) is 1. The van der Waals surface area contributed by atoms with Gasteiger partial charge in [-0.1, -0.05) is 48.4 Å². The molecule has 2 heterocycles. The van der Waals surface area contributed by atoms with Gasteiger partial charge in [0.25, 0.3) is 11.6 Å². The van der Waals surface area contributed by atoms with E-state index in [2.05, 4.69) is 10.3 Å². The number of esters is 1. The molecule has 0 unspecified atom stereocenters. The van der Waals surface area contributed by atoms with Crippen LogP contribution in [0.15, 0.2) is 36.4 Å². The Hall–Kier alpha value is -3.08. The van der Waals surface area contributed by atoms with Crippen molar-refractivity contribution >= 4 is 77.3 Å². The number of hydrogen-bond donors (Lipinski definition) is 1. The number of halogens is 1. The summed E-state index contributed by atoms with van der Waals surface area (Å²) in [6.07, 6.45) is 1.73. The molecule has 0 saturated carbocycles. The van der Waals surface area contributed by atoms with Gasteiger partial charge in [0.05, 0.1) is 32.3 Å². The topological polar surface area (TPSA) is 111 Å². The Morgan fingerprint density at radius 2 is 2.06 bits per heavy atom.